The van der Waals surface area contributed by atoms with Gasteiger partial charge in [0, 0.05) is 25.2 Å². The Labute approximate surface area is 126 Å². The highest BCUT2D eigenvalue weighted by Crippen LogP contribution is 2.23. The van der Waals surface area contributed by atoms with E-state index in [1.54, 1.807) is 18.2 Å². The third-order valence-electron chi connectivity index (χ3n) is 2.94. The molecule has 0 spiro atoms. The first kappa shape index (κ1) is 15.6. The highest BCUT2D eigenvalue weighted by molar-refractivity contribution is 5.92. The number of aromatic amines is 1. The molecule has 22 heavy (non-hydrogen) atoms. The molecule has 0 bridgehead atoms. The first-order chi connectivity index (χ1) is 10.6. The van der Waals surface area contributed by atoms with Crippen LogP contribution in [0.25, 0.3) is 0 Å². The van der Waals surface area contributed by atoms with Gasteiger partial charge in [-0.15, -0.1) is 0 Å². The van der Waals surface area contributed by atoms with Crippen molar-refractivity contribution < 1.29 is 9.53 Å². The molecule has 2 N–H and O–H groups in total. The zero-order valence-corrected chi connectivity index (χ0v) is 12.2. The fraction of sp³-hybridized carbons (Fsp3) is 0.267. The molecule has 0 fully saturated rings. The van der Waals surface area contributed by atoms with Crippen LogP contribution in [0.5, 0.6) is 5.75 Å². The Kier molecular flexibility index (Phi) is 5.13. The predicted molar refractivity (Wildman–Crippen MR) is 82.2 cm³/mol. The second-order valence-electron chi connectivity index (χ2n) is 4.53. The number of ether oxygens (including phenoxy) is 1. The Morgan fingerprint density at radius 1 is 1.27 bits per heavy atom. The van der Waals surface area contributed by atoms with Crippen LogP contribution in [0.4, 0.5) is 5.69 Å². The molecule has 0 aliphatic heterocycles. The molecular weight excluding hydrogens is 286 g/mol. The van der Waals surface area contributed by atoms with Gasteiger partial charge in [-0.3, -0.25) is 14.6 Å². The largest absolute Gasteiger partial charge is 0.492 e. The molecule has 1 aromatic heterocycles. The fourth-order valence-corrected chi connectivity index (χ4v) is 1.91. The highest BCUT2D eigenvalue weighted by atomic mass is 16.5. The summed E-state index contributed by atoms with van der Waals surface area (Å²) in [7, 11) is 0. The number of aryl methyl sites for hydroxylation is 1. The van der Waals surface area contributed by atoms with Crippen molar-refractivity contribution in [2.75, 3.05) is 11.9 Å². The Balaban J connectivity index is 1.99. The van der Waals surface area contributed by atoms with Gasteiger partial charge in [-0.05, 0) is 19.1 Å². The minimum Gasteiger partial charge on any atom is -0.492 e. The van der Waals surface area contributed by atoms with Crippen LogP contribution in [0.1, 0.15) is 13.3 Å². The summed E-state index contributed by atoms with van der Waals surface area (Å²) in [6.45, 7) is 2.54. The molecule has 0 aliphatic carbocycles. The summed E-state index contributed by atoms with van der Waals surface area (Å²) in [6, 6.07) is 8.37. The quantitative estimate of drug-likeness (QED) is 0.831. The van der Waals surface area contributed by atoms with Gasteiger partial charge < -0.3 is 14.6 Å². The van der Waals surface area contributed by atoms with Crippen molar-refractivity contribution in [2.45, 2.75) is 19.9 Å². The molecule has 7 nitrogen and oxygen atoms in total. The Bertz CT molecular complexity index is 764. The van der Waals surface area contributed by atoms with E-state index in [2.05, 4.69) is 10.3 Å². The van der Waals surface area contributed by atoms with E-state index in [0.717, 1.165) is 0 Å². The van der Waals surface area contributed by atoms with Crippen LogP contribution in [0, 0.1) is 0 Å². The monoisotopic (exact) mass is 303 g/mol. The zero-order valence-electron chi connectivity index (χ0n) is 12.2. The van der Waals surface area contributed by atoms with Gasteiger partial charge in [-0.2, -0.15) is 0 Å². The first-order valence-electron chi connectivity index (χ1n) is 6.91. The number of anilines is 1. The maximum atomic E-state index is 12.0. The number of benzene rings is 1. The number of H-pyrrole nitrogens is 1. The molecule has 0 aliphatic rings. The Hall–Kier alpha value is -2.83. The molecule has 1 aromatic carbocycles. The lowest BCUT2D eigenvalue weighted by Crippen LogP contribution is -2.29. The van der Waals surface area contributed by atoms with Gasteiger partial charge in [0.15, 0.2) is 0 Å². The van der Waals surface area contributed by atoms with Crippen LogP contribution in [0.3, 0.4) is 0 Å². The number of nitrogens with zero attached hydrogens (tertiary/aromatic N) is 1. The molecule has 0 saturated heterocycles. The number of carbonyl (C=O) groups is 1. The number of nitrogens with one attached hydrogen (secondary N) is 2. The van der Waals surface area contributed by atoms with Crippen LogP contribution in [0.15, 0.2) is 46.1 Å². The summed E-state index contributed by atoms with van der Waals surface area (Å²) in [6.07, 6.45) is 1.47. The van der Waals surface area contributed by atoms with Gasteiger partial charge in [0.05, 0.1) is 12.3 Å². The minimum absolute atomic E-state index is 0.104. The molecule has 1 heterocycles. The summed E-state index contributed by atoms with van der Waals surface area (Å²) in [5, 5.41) is 2.75. The van der Waals surface area contributed by atoms with Crippen molar-refractivity contribution in [2.24, 2.45) is 0 Å². The van der Waals surface area contributed by atoms with Gasteiger partial charge in [-0.25, -0.2) is 4.79 Å². The van der Waals surface area contributed by atoms with Crippen molar-refractivity contribution in [3.8, 4) is 5.75 Å². The molecule has 2 aromatic rings. The number of amides is 1. The van der Waals surface area contributed by atoms with Crippen molar-refractivity contribution in [3.63, 3.8) is 0 Å². The first-order valence-corrected chi connectivity index (χ1v) is 6.91. The average Bonchev–Trinajstić information content (AvgIpc) is 2.48. The maximum Gasteiger partial charge on any atom is 0.328 e. The molecule has 1 amide bonds. The number of carbonyl (C=O) groups excluding carboxylic acids is 1. The molecule has 0 unspecified atom stereocenters. The van der Waals surface area contributed by atoms with Crippen LogP contribution >= 0.6 is 0 Å². The van der Waals surface area contributed by atoms with E-state index in [4.69, 9.17) is 4.74 Å². The Morgan fingerprint density at radius 2 is 2.05 bits per heavy atom. The summed E-state index contributed by atoms with van der Waals surface area (Å²) in [5.41, 5.74) is -0.408. The molecule has 7 heteroatoms. The topological polar surface area (TPSA) is 93.2 Å². The minimum atomic E-state index is -0.532. The molecule has 2 rings (SSSR count). The average molecular weight is 303 g/mol. The molecule has 0 radical (unpaired) electrons. The summed E-state index contributed by atoms with van der Waals surface area (Å²) in [4.78, 5) is 36.6. The molecule has 0 saturated carbocycles. The van der Waals surface area contributed by atoms with Gasteiger partial charge in [0.25, 0.3) is 5.56 Å². The number of rotatable bonds is 6. The van der Waals surface area contributed by atoms with Crippen LogP contribution in [-0.4, -0.2) is 22.1 Å². The van der Waals surface area contributed by atoms with E-state index in [9.17, 15) is 14.4 Å². The van der Waals surface area contributed by atoms with E-state index in [1.807, 2.05) is 13.0 Å². The Morgan fingerprint density at radius 3 is 2.77 bits per heavy atom. The number of aromatic nitrogens is 2. The van der Waals surface area contributed by atoms with E-state index in [-0.39, 0.29) is 18.9 Å². The van der Waals surface area contributed by atoms with Gasteiger partial charge >= 0.3 is 5.69 Å². The molecule has 116 valence electrons. The van der Waals surface area contributed by atoms with E-state index >= 15 is 0 Å². The second-order valence-corrected chi connectivity index (χ2v) is 4.53. The van der Waals surface area contributed by atoms with Crippen LogP contribution < -0.4 is 21.3 Å². The summed E-state index contributed by atoms with van der Waals surface area (Å²) >= 11 is 0. The number of hydrogen-bond acceptors (Lipinski definition) is 4. The number of hydrogen-bond donors (Lipinski definition) is 2. The summed E-state index contributed by atoms with van der Waals surface area (Å²) in [5.74, 6) is 0.352. The van der Waals surface area contributed by atoms with Gasteiger partial charge in [0.1, 0.15) is 5.75 Å². The summed E-state index contributed by atoms with van der Waals surface area (Å²) < 4.78 is 6.70. The SMILES string of the molecule is CCOc1ccccc1NC(=O)CCn1ccc(=O)[nH]c1=O. The maximum absolute atomic E-state index is 12.0. The fourth-order valence-electron chi connectivity index (χ4n) is 1.91. The van der Waals surface area contributed by atoms with E-state index < -0.39 is 11.2 Å². The van der Waals surface area contributed by atoms with Crippen molar-refractivity contribution >= 4 is 11.6 Å². The predicted octanol–water partition coefficient (Wildman–Crippen LogP) is 0.964. The molecule has 0 atom stereocenters. The van der Waals surface area contributed by atoms with E-state index in [1.165, 1.54) is 16.8 Å². The third-order valence-corrected chi connectivity index (χ3v) is 2.94. The van der Waals surface area contributed by atoms with E-state index in [0.29, 0.717) is 18.0 Å². The third kappa shape index (κ3) is 4.08. The molecular formula is C15H17N3O4. The highest BCUT2D eigenvalue weighted by Gasteiger charge is 2.08. The van der Waals surface area contributed by atoms with Crippen molar-refractivity contribution in [3.05, 3.63) is 57.4 Å². The lowest BCUT2D eigenvalue weighted by Gasteiger charge is -2.11. The van der Waals surface area contributed by atoms with Crippen molar-refractivity contribution in [1.29, 1.82) is 0 Å². The standard InChI is InChI=1S/C15H17N3O4/c1-2-22-12-6-4-3-5-11(12)16-13(19)7-9-18-10-8-14(20)17-15(18)21/h3-6,8,10H,2,7,9H2,1H3,(H,16,19)(H,17,20,21). The van der Waals surface area contributed by atoms with Gasteiger partial charge in [-0.1, -0.05) is 12.1 Å². The van der Waals surface area contributed by atoms with Gasteiger partial charge in [0.2, 0.25) is 5.91 Å². The number of para-hydroxylation sites is 2. The van der Waals surface area contributed by atoms with Crippen LogP contribution in [0.2, 0.25) is 0 Å². The smallest absolute Gasteiger partial charge is 0.328 e. The second kappa shape index (κ2) is 7.26. The normalized spacial score (nSPS) is 10.2. The van der Waals surface area contributed by atoms with Crippen LogP contribution in [-0.2, 0) is 11.3 Å². The zero-order chi connectivity index (χ0) is 15.9. The lowest BCUT2D eigenvalue weighted by atomic mass is 10.2. The van der Waals surface area contributed by atoms with Crippen molar-refractivity contribution in [1.82, 2.24) is 9.55 Å². The lowest BCUT2D eigenvalue weighted by molar-refractivity contribution is -0.116.